The summed E-state index contributed by atoms with van der Waals surface area (Å²) in [4.78, 5) is 64.0. The second kappa shape index (κ2) is 10.9. The van der Waals surface area contributed by atoms with Crippen molar-refractivity contribution in [3.63, 3.8) is 0 Å². The number of methoxy groups -OCH3 is 1. The van der Waals surface area contributed by atoms with Crippen LogP contribution in [-0.4, -0.2) is 82.5 Å². The lowest BCUT2D eigenvalue weighted by atomic mass is 9.45. The highest BCUT2D eigenvalue weighted by Gasteiger charge is 2.68. The van der Waals surface area contributed by atoms with Gasteiger partial charge < -0.3 is 24.6 Å². The Hall–Kier alpha value is -2.59. The van der Waals surface area contributed by atoms with Crippen molar-refractivity contribution in [2.45, 2.75) is 102 Å². The number of carbonyl (C=O) groups is 5. The van der Waals surface area contributed by atoms with E-state index in [0.717, 1.165) is 18.4 Å². The predicted octanol–water partition coefficient (Wildman–Crippen LogP) is 2.28. The SMILES string of the molecule is COC(=O)[C@H]1CCCN1C(=O)CCC(=O)OCC(=O)[C@@]1(O)CC[C@H]2[C@@H]3CCC4=CC(=O)CC[C@]4(C)[C@H]3[C@@H](O)C[C@@]21C. The fraction of sp³-hybridized carbons (Fsp3) is 0.774. The van der Waals surface area contributed by atoms with E-state index >= 15 is 0 Å². The molecule has 10 heteroatoms. The standard InChI is InChI=1S/C31H43NO9/c1-29-12-10-19(33)15-18(29)6-7-20-21-11-13-31(39,30(21,2)16-23(34)27(20)29)24(35)17-41-26(37)9-8-25(36)32-14-4-5-22(32)28(38)40-3/h15,20-23,27,34,39H,4-14,16-17H2,1-3H3/t20-,21-,22+,23-,27+,29-,30-,31-/m0/s1. The minimum absolute atomic E-state index is 0.0254. The van der Waals surface area contributed by atoms with Gasteiger partial charge in [0.25, 0.3) is 0 Å². The minimum atomic E-state index is -1.73. The molecule has 8 atom stereocenters. The Kier molecular flexibility index (Phi) is 7.96. The van der Waals surface area contributed by atoms with E-state index in [-0.39, 0.29) is 60.5 Å². The van der Waals surface area contributed by atoms with Crippen LogP contribution in [0.2, 0.25) is 0 Å². The van der Waals surface area contributed by atoms with E-state index in [4.69, 9.17) is 9.47 Å². The van der Waals surface area contributed by atoms with Gasteiger partial charge in [0.1, 0.15) is 11.6 Å². The van der Waals surface area contributed by atoms with Crippen molar-refractivity contribution in [1.82, 2.24) is 4.90 Å². The zero-order chi connectivity index (χ0) is 29.7. The Balaban J connectivity index is 1.20. The maximum Gasteiger partial charge on any atom is 0.328 e. The van der Waals surface area contributed by atoms with Gasteiger partial charge in [-0.05, 0) is 80.6 Å². The summed E-state index contributed by atoms with van der Waals surface area (Å²) in [5, 5.41) is 23.3. The van der Waals surface area contributed by atoms with Crippen LogP contribution in [-0.2, 0) is 33.4 Å². The first-order chi connectivity index (χ1) is 19.4. The largest absolute Gasteiger partial charge is 0.467 e. The van der Waals surface area contributed by atoms with E-state index in [0.29, 0.717) is 38.6 Å². The first-order valence-corrected chi connectivity index (χ1v) is 15.1. The number of aliphatic hydroxyl groups excluding tert-OH is 1. The second-order valence-electron chi connectivity index (χ2n) is 13.3. The van der Waals surface area contributed by atoms with Crippen LogP contribution >= 0.6 is 0 Å². The zero-order valence-corrected chi connectivity index (χ0v) is 24.4. The van der Waals surface area contributed by atoms with Gasteiger partial charge >= 0.3 is 11.9 Å². The first kappa shape index (κ1) is 29.9. The number of amides is 1. The number of esters is 2. The number of Topliss-reactive ketones (excluding diaryl/α,β-unsaturated/α-hetero) is 1. The van der Waals surface area contributed by atoms with Gasteiger partial charge in [0, 0.05) is 24.8 Å². The highest BCUT2D eigenvalue weighted by Crippen LogP contribution is 2.67. The molecule has 4 aliphatic carbocycles. The monoisotopic (exact) mass is 573 g/mol. The average molecular weight is 574 g/mol. The van der Waals surface area contributed by atoms with E-state index < -0.39 is 47.5 Å². The van der Waals surface area contributed by atoms with E-state index in [1.165, 1.54) is 12.0 Å². The highest BCUT2D eigenvalue weighted by molar-refractivity contribution is 5.92. The van der Waals surface area contributed by atoms with E-state index in [9.17, 15) is 34.2 Å². The number of hydrogen-bond acceptors (Lipinski definition) is 9. The summed E-state index contributed by atoms with van der Waals surface area (Å²) < 4.78 is 9.99. The molecule has 41 heavy (non-hydrogen) atoms. The molecule has 226 valence electrons. The molecule has 5 aliphatic rings. The first-order valence-electron chi connectivity index (χ1n) is 15.1. The van der Waals surface area contributed by atoms with Crippen molar-refractivity contribution in [1.29, 1.82) is 0 Å². The molecule has 4 fully saturated rings. The summed E-state index contributed by atoms with van der Waals surface area (Å²) in [5.74, 6) is -1.87. The van der Waals surface area contributed by atoms with Gasteiger partial charge in [-0.3, -0.25) is 19.2 Å². The summed E-state index contributed by atoms with van der Waals surface area (Å²) in [5.41, 5.74) is -1.74. The summed E-state index contributed by atoms with van der Waals surface area (Å²) in [6.07, 6.45) is 5.75. The summed E-state index contributed by atoms with van der Waals surface area (Å²) in [6.45, 7) is 3.86. The fourth-order valence-electron chi connectivity index (χ4n) is 9.29. The molecular weight excluding hydrogens is 530 g/mol. The molecule has 0 aromatic rings. The van der Waals surface area contributed by atoms with Crippen LogP contribution in [0.3, 0.4) is 0 Å². The molecule has 2 N–H and O–H groups in total. The van der Waals surface area contributed by atoms with Crippen molar-refractivity contribution in [3.8, 4) is 0 Å². The lowest BCUT2D eigenvalue weighted by molar-refractivity contribution is -0.184. The Morgan fingerprint density at radius 2 is 1.83 bits per heavy atom. The van der Waals surface area contributed by atoms with Crippen molar-refractivity contribution >= 4 is 29.4 Å². The van der Waals surface area contributed by atoms with Crippen LogP contribution in [0.25, 0.3) is 0 Å². The predicted molar refractivity (Wildman–Crippen MR) is 145 cm³/mol. The van der Waals surface area contributed by atoms with Gasteiger partial charge in [0.05, 0.1) is 19.6 Å². The Labute approximate surface area is 240 Å². The minimum Gasteiger partial charge on any atom is -0.467 e. The molecular formula is C31H43NO9. The number of ether oxygens (including phenoxy) is 2. The number of rotatable bonds is 7. The van der Waals surface area contributed by atoms with Crippen LogP contribution in [0.1, 0.15) is 84.5 Å². The van der Waals surface area contributed by atoms with Gasteiger partial charge in [-0.25, -0.2) is 4.79 Å². The Morgan fingerprint density at radius 3 is 2.56 bits per heavy atom. The normalized spacial score (nSPS) is 39.7. The van der Waals surface area contributed by atoms with Crippen LogP contribution in [0.15, 0.2) is 11.6 Å². The highest BCUT2D eigenvalue weighted by atomic mass is 16.5. The maximum absolute atomic E-state index is 13.4. The van der Waals surface area contributed by atoms with E-state index in [2.05, 4.69) is 6.92 Å². The number of hydrogen-bond donors (Lipinski definition) is 2. The lowest BCUT2D eigenvalue weighted by Crippen LogP contribution is -2.62. The number of carbonyl (C=O) groups excluding carboxylic acids is 5. The van der Waals surface area contributed by atoms with Crippen molar-refractivity contribution in [2.24, 2.45) is 28.6 Å². The second-order valence-corrected chi connectivity index (χ2v) is 13.3. The molecule has 0 radical (unpaired) electrons. The number of fused-ring (bicyclic) bond motifs is 5. The fourth-order valence-corrected chi connectivity index (χ4v) is 9.29. The third-order valence-electron chi connectivity index (χ3n) is 11.5. The Bertz CT molecular complexity index is 1160. The van der Waals surface area contributed by atoms with Crippen molar-refractivity contribution in [2.75, 3.05) is 20.3 Å². The quantitative estimate of drug-likeness (QED) is 0.438. The van der Waals surface area contributed by atoms with Crippen LogP contribution < -0.4 is 0 Å². The van der Waals surface area contributed by atoms with Gasteiger partial charge in [-0.15, -0.1) is 0 Å². The summed E-state index contributed by atoms with van der Waals surface area (Å²) >= 11 is 0. The molecule has 3 saturated carbocycles. The molecule has 0 unspecified atom stereocenters. The number of aliphatic hydroxyl groups is 2. The molecule has 10 nitrogen and oxygen atoms in total. The van der Waals surface area contributed by atoms with Gasteiger partial charge in [-0.1, -0.05) is 19.4 Å². The Morgan fingerprint density at radius 1 is 1.07 bits per heavy atom. The molecule has 0 bridgehead atoms. The molecule has 5 rings (SSSR count). The molecule has 1 heterocycles. The summed E-state index contributed by atoms with van der Waals surface area (Å²) in [7, 11) is 1.27. The molecule has 0 aromatic heterocycles. The van der Waals surface area contributed by atoms with Crippen LogP contribution in [0.4, 0.5) is 0 Å². The molecule has 0 spiro atoms. The maximum atomic E-state index is 13.4. The van der Waals surface area contributed by atoms with Crippen LogP contribution in [0.5, 0.6) is 0 Å². The van der Waals surface area contributed by atoms with Crippen molar-refractivity contribution in [3.05, 3.63) is 11.6 Å². The smallest absolute Gasteiger partial charge is 0.328 e. The molecule has 1 saturated heterocycles. The molecule has 0 aromatic carbocycles. The lowest BCUT2D eigenvalue weighted by Gasteiger charge is -2.60. The third-order valence-corrected chi connectivity index (χ3v) is 11.5. The summed E-state index contributed by atoms with van der Waals surface area (Å²) in [6, 6.07) is -0.643. The topological polar surface area (TPSA) is 148 Å². The van der Waals surface area contributed by atoms with E-state index in [1.54, 1.807) is 6.08 Å². The average Bonchev–Trinajstić information content (AvgIpc) is 3.53. The van der Waals surface area contributed by atoms with Gasteiger partial charge in [0.15, 0.2) is 12.4 Å². The number of allylic oxidation sites excluding steroid dienone is 1. The number of likely N-dealkylation sites (tertiary alicyclic amines) is 1. The van der Waals surface area contributed by atoms with Crippen LogP contribution in [0, 0.1) is 28.6 Å². The molecule has 1 aliphatic heterocycles. The van der Waals surface area contributed by atoms with E-state index in [1.807, 2.05) is 6.92 Å². The van der Waals surface area contributed by atoms with Gasteiger partial charge in [-0.2, -0.15) is 0 Å². The number of nitrogens with zero attached hydrogens (tertiary/aromatic N) is 1. The third kappa shape index (κ3) is 4.84. The van der Waals surface area contributed by atoms with Gasteiger partial charge in [0.2, 0.25) is 11.7 Å². The molecule has 1 amide bonds. The van der Waals surface area contributed by atoms with Crippen molar-refractivity contribution < 1.29 is 43.7 Å². The zero-order valence-electron chi connectivity index (χ0n) is 24.4. The number of ketones is 2.